The van der Waals surface area contributed by atoms with Crippen LogP contribution in [0.25, 0.3) is 0 Å². The van der Waals surface area contributed by atoms with Crippen molar-refractivity contribution in [3.05, 3.63) is 59.8 Å². The molecule has 10 nitrogen and oxygen atoms in total. The van der Waals surface area contributed by atoms with Gasteiger partial charge in [0.1, 0.15) is 0 Å². The quantitative estimate of drug-likeness (QED) is 0.566. The number of carboxylic acid groups (broad SMARTS) is 1. The van der Waals surface area contributed by atoms with Gasteiger partial charge in [-0.25, -0.2) is 18.2 Å². The van der Waals surface area contributed by atoms with Gasteiger partial charge in [-0.2, -0.15) is 17.5 Å². The number of aliphatic carboxylic acids is 1. The third-order valence-electron chi connectivity index (χ3n) is 6.24. The van der Waals surface area contributed by atoms with E-state index < -0.39 is 28.1 Å². The van der Waals surface area contributed by atoms with Gasteiger partial charge in [-0.3, -0.25) is 4.79 Å². The van der Waals surface area contributed by atoms with Crippen LogP contribution in [0, 0.1) is 5.92 Å². The second-order valence-corrected chi connectivity index (χ2v) is 10.7. The number of amides is 1. The number of aromatic nitrogens is 1. The smallest absolute Gasteiger partial charge is 0.475 e. The first kappa shape index (κ1) is 29.5. The highest BCUT2D eigenvalue weighted by molar-refractivity contribution is 7.89. The molecule has 3 heterocycles. The Morgan fingerprint density at radius 3 is 2.32 bits per heavy atom. The number of hydrogen-bond donors (Lipinski definition) is 2. The van der Waals surface area contributed by atoms with Crippen molar-refractivity contribution in [2.24, 2.45) is 11.7 Å². The van der Waals surface area contributed by atoms with Gasteiger partial charge in [-0.15, -0.1) is 0 Å². The first-order chi connectivity index (χ1) is 17.9. The second-order valence-electron chi connectivity index (χ2n) is 8.81. The minimum atomic E-state index is -5.08. The van der Waals surface area contributed by atoms with E-state index in [-0.39, 0.29) is 29.9 Å². The SMILES string of the molecule is NCc1ccnc(S(=O)(=O)N2C[C@@H](C(=O)N3CCOCC3)C[C@@H](c3ccccc3)C2)c1.O=C(O)C(F)(F)F. The van der Waals surface area contributed by atoms with Crippen LogP contribution in [-0.4, -0.2) is 85.2 Å². The van der Waals surface area contributed by atoms with E-state index in [1.807, 2.05) is 30.3 Å². The van der Waals surface area contributed by atoms with Crippen molar-refractivity contribution in [1.29, 1.82) is 0 Å². The molecule has 3 N–H and O–H groups in total. The molecule has 2 aliphatic heterocycles. The number of pyridine rings is 1. The highest BCUT2D eigenvalue weighted by atomic mass is 32.2. The van der Waals surface area contributed by atoms with Gasteiger partial charge in [0.2, 0.25) is 5.91 Å². The van der Waals surface area contributed by atoms with Crippen molar-refractivity contribution in [2.75, 3.05) is 39.4 Å². The predicted octanol–water partition coefficient (Wildman–Crippen LogP) is 1.83. The van der Waals surface area contributed by atoms with Crippen LogP contribution in [0.15, 0.2) is 53.7 Å². The Morgan fingerprint density at radius 2 is 1.74 bits per heavy atom. The van der Waals surface area contributed by atoms with E-state index in [0.717, 1.165) is 5.56 Å². The molecule has 2 fully saturated rings. The van der Waals surface area contributed by atoms with Crippen molar-refractivity contribution < 1.29 is 41.0 Å². The van der Waals surface area contributed by atoms with Crippen LogP contribution in [0.3, 0.4) is 0 Å². The fourth-order valence-electron chi connectivity index (χ4n) is 4.29. The van der Waals surface area contributed by atoms with Crippen LogP contribution in [-0.2, 0) is 30.9 Å². The van der Waals surface area contributed by atoms with Gasteiger partial charge < -0.3 is 20.5 Å². The van der Waals surface area contributed by atoms with E-state index >= 15 is 0 Å². The molecule has 2 aromatic rings. The summed E-state index contributed by atoms with van der Waals surface area (Å²) < 4.78 is 65.4. The van der Waals surface area contributed by atoms with Gasteiger partial charge in [0.15, 0.2) is 5.03 Å². The summed E-state index contributed by atoms with van der Waals surface area (Å²) in [4.78, 5) is 28.0. The highest BCUT2D eigenvalue weighted by Crippen LogP contribution is 2.34. The van der Waals surface area contributed by atoms with Crippen molar-refractivity contribution in [2.45, 2.75) is 30.1 Å². The van der Waals surface area contributed by atoms with Gasteiger partial charge in [0, 0.05) is 38.9 Å². The number of halogens is 3. The van der Waals surface area contributed by atoms with E-state index in [1.54, 1.807) is 11.0 Å². The van der Waals surface area contributed by atoms with Crippen LogP contribution < -0.4 is 5.73 Å². The summed E-state index contributed by atoms with van der Waals surface area (Å²) in [6, 6.07) is 13.0. The molecule has 0 radical (unpaired) electrons. The number of nitrogens with zero attached hydrogens (tertiary/aromatic N) is 3. The average Bonchev–Trinajstić information content (AvgIpc) is 2.93. The molecule has 0 aliphatic carbocycles. The summed E-state index contributed by atoms with van der Waals surface area (Å²) in [7, 11) is -3.86. The number of morpholine rings is 1. The summed E-state index contributed by atoms with van der Waals surface area (Å²) in [5, 5.41) is 7.10. The van der Waals surface area contributed by atoms with Gasteiger partial charge in [0.05, 0.1) is 19.1 Å². The van der Waals surface area contributed by atoms with Gasteiger partial charge >= 0.3 is 12.1 Å². The Bertz CT molecular complexity index is 1210. The number of benzene rings is 1. The molecule has 208 valence electrons. The van der Waals surface area contributed by atoms with Crippen LogP contribution >= 0.6 is 0 Å². The number of sulfonamides is 1. The largest absolute Gasteiger partial charge is 0.490 e. The average molecular weight is 559 g/mol. The third-order valence-corrected chi connectivity index (χ3v) is 7.97. The number of carboxylic acids is 1. The van der Waals surface area contributed by atoms with E-state index in [2.05, 4.69) is 4.98 Å². The topological polar surface area (TPSA) is 143 Å². The van der Waals surface area contributed by atoms with Crippen molar-refractivity contribution in [3.8, 4) is 0 Å². The van der Waals surface area contributed by atoms with Crippen molar-refractivity contribution >= 4 is 21.9 Å². The molecular weight excluding hydrogens is 529 g/mol. The van der Waals surface area contributed by atoms with E-state index in [9.17, 15) is 26.4 Å². The number of rotatable bonds is 5. The van der Waals surface area contributed by atoms with E-state index in [1.165, 1.54) is 16.6 Å². The van der Waals surface area contributed by atoms with E-state index in [0.29, 0.717) is 44.8 Å². The lowest BCUT2D eigenvalue weighted by atomic mass is 9.85. The number of hydrogen-bond acceptors (Lipinski definition) is 7. The maximum Gasteiger partial charge on any atom is 0.490 e. The molecule has 1 aromatic carbocycles. The number of alkyl halides is 3. The van der Waals surface area contributed by atoms with Gasteiger partial charge in [-0.1, -0.05) is 30.3 Å². The highest BCUT2D eigenvalue weighted by Gasteiger charge is 2.40. The zero-order chi connectivity index (χ0) is 27.9. The molecule has 1 aromatic heterocycles. The fourth-order valence-corrected chi connectivity index (χ4v) is 5.80. The molecule has 2 aliphatic rings. The molecule has 0 bridgehead atoms. The normalized spacial score (nSPS) is 20.8. The van der Waals surface area contributed by atoms with Crippen LogP contribution in [0.2, 0.25) is 0 Å². The minimum Gasteiger partial charge on any atom is -0.475 e. The fraction of sp³-hybridized carbons (Fsp3) is 0.458. The Kier molecular flexibility index (Phi) is 9.82. The first-order valence-electron chi connectivity index (χ1n) is 11.8. The zero-order valence-electron chi connectivity index (χ0n) is 20.4. The number of carbonyl (C=O) groups is 2. The van der Waals surface area contributed by atoms with Gasteiger partial charge in [-0.05, 0) is 35.6 Å². The molecule has 0 unspecified atom stereocenters. The molecule has 2 atom stereocenters. The molecule has 2 saturated heterocycles. The van der Waals surface area contributed by atoms with Crippen LogP contribution in [0.1, 0.15) is 23.5 Å². The summed E-state index contributed by atoms with van der Waals surface area (Å²) in [5.41, 5.74) is 7.42. The lowest BCUT2D eigenvalue weighted by Gasteiger charge is -2.39. The molecule has 14 heteroatoms. The zero-order valence-corrected chi connectivity index (χ0v) is 21.2. The second kappa shape index (κ2) is 12.7. The summed E-state index contributed by atoms with van der Waals surface area (Å²) >= 11 is 0. The standard InChI is InChI=1S/C22H28N4O4S.C2HF3O2/c23-14-17-6-7-24-21(12-17)31(28,29)26-15-19(18-4-2-1-3-5-18)13-20(16-26)22(27)25-8-10-30-11-9-25;3-2(4,5)1(6)7/h1-7,12,19-20H,8-11,13-16,23H2;(H,6,7)/t19-,20+;/m1./s1. The minimum absolute atomic E-state index is 0.00667. The predicted molar refractivity (Wildman–Crippen MR) is 129 cm³/mol. The van der Waals surface area contributed by atoms with Crippen LogP contribution in [0.4, 0.5) is 13.2 Å². The molecule has 38 heavy (non-hydrogen) atoms. The van der Waals surface area contributed by atoms with Crippen molar-refractivity contribution in [1.82, 2.24) is 14.2 Å². The third kappa shape index (κ3) is 7.49. The summed E-state index contributed by atoms with van der Waals surface area (Å²) in [6.45, 7) is 2.80. The molecule has 4 rings (SSSR count). The van der Waals surface area contributed by atoms with Gasteiger partial charge in [0.25, 0.3) is 10.0 Å². The molecule has 0 spiro atoms. The number of nitrogens with two attached hydrogens (primary N) is 1. The molecular formula is C24H29F3N4O6S. The molecule has 1 amide bonds. The Hall–Kier alpha value is -3.07. The maximum absolute atomic E-state index is 13.5. The Balaban J connectivity index is 0.000000505. The lowest BCUT2D eigenvalue weighted by Crippen LogP contribution is -2.51. The lowest BCUT2D eigenvalue weighted by molar-refractivity contribution is -0.192. The Labute approximate surface area is 218 Å². The number of carbonyl (C=O) groups excluding carboxylic acids is 1. The number of piperidine rings is 1. The number of ether oxygens (including phenoxy) is 1. The Morgan fingerprint density at radius 1 is 1.11 bits per heavy atom. The summed E-state index contributed by atoms with van der Waals surface area (Å²) in [5.74, 6) is -3.25. The molecule has 0 saturated carbocycles. The first-order valence-corrected chi connectivity index (χ1v) is 13.2. The summed E-state index contributed by atoms with van der Waals surface area (Å²) in [6.07, 6.45) is -3.01. The van der Waals surface area contributed by atoms with Crippen molar-refractivity contribution in [3.63, 3.8) is 0 Å². The maximum atomic E-state index is 13.5. The monoisotopic (exact) mass is 558 g/mol. The van der Waals surface area contributed by atoms with E-state index in [4.69, 9.17) is 20.4 Å². The van der Waals surface area contributed by atoms with Crippen LogP contribution in [0.5, 0.6) is 0 Å².